The summed E-state index contributed by atoms with van der Waals surface area (Å²) in [5.41, 5.74) is 1.96. The van der Waals surface area contributed by atoms with Crippen LogP contribution in [0.2, 0.25) is 0 Å². The van der Waals surface area contributed by atoms with E-state index in [2.05, 4.69) is 30.2 Å². The van der Waals surface area contributed by atoms with Gasteiger partial charge in [0.2, 0.25) is 5.36 Å². The largest absolute Gasteiger partial charge is 0.452 e. The lowest BCUT2D eigenvalue weighted by molar-refractivity contribution is -0.197. The molecule has 4 aliphatic rings. The minimum Gasteiger partial charge on any atom is -0.452 e. The third-order valence-corrected chi connectivity index (χ3v) is 13.0. The first-order valence-corrected chi connectivity index (χ1v) is 22.2. The Bertz CT molecular complexity index is 2240. The molecule has 3 unspecified atom stereocenters. The van der Waals surface area contributed by atoms with Gasteiger partial charge in [0.05, 0.1) is 17.6 Å². The number of unbranched alkanes of at least 4 members (excludes halogenated alkanes) is 1. The van der Waals surface area contributed by atoms with E-state index in [1.165, 1.54) is 0 Å². The lowest BCUT2D eigenvalue weighted by Gasteiger charge is -2.48. The van der Waals surface area contributed by atoms with Crippen LogP contribution in [0.3, 0.4) is 0 Å². The van der Waals surface area contributed by atoms with Gasteiger partial charge in [-0.1, -0.05) is 20.3 Å². The Morgan fingerprint density at radius 2 is 1.67 bits per heavy atom. The maximum absolute atomic E-state index is 12.6. The smallest absolute Gasteiger partial charge is 0.333 e. The van der Waals surface area contributed by atoms with Crippen molar-refractivity contribution in [3.63, 3.8) is 0 Å². The van der Waals surface area contributed by atoms with Gasteiger partial charge in [-0.05, 0) is 56.7 Å². The number of hydrogen-bond donors (Lipinski definition) is 2. The van der Waals surface area contributed by atoms with E-state index in [1.54, 1.807) is 6.07 Å². The van der Waals surface area contributed by atoms with Crippen molar-refractivity contribution in [3.8, 4) is 11.5 Å². The molecule has 55 heavy (non-hydrogen) atoms. The van der Waals surface area contributed by atoms with Crippen molar-refractivity contribution in [1.82, 2.24) is 9.64 Å². The highest BCUT2D eigenvalue weighted by Gasteiger charge is 2.44. The van der Waals surface area contributed by atoms with Crippen molar-refractivity contribution in [3.05, 3.63) is 46.1 Å². The Labute approximate surface area is 321 Å². The molecule has 0 aliphatic carbocycles. The molecular formula is C38H51N4O11S2+. The number of amides is 2. The van der Waals surface area contributed by atoms with E-state index in [4.69, 9.17) is 14.6 Å². The van der Waals surface area contributed by atoms with E-state index in [0.29, 0.717) is 64.8 Å². The Balaban J connectivity index is 1.38. The summed E-state index contributed by atoms with van der Waals surface area (Å²) >= 11 is 0. The Hall–Kier alpha value is -3.93. The van der Waals surface area contributed by atoms with Crippen LogP contribution in [-0.4, -0.2) is 84.5 Å². The van der Waals surface area contributed by atoms with Gasteiger partial charge in [0, 0.05) is 80.8 Å². The number of nitrogens with zero attached hydrogens (tertiary/aromatic N) is 4. The first-order valence-electron chi connectivity index (χ1n) is 19.0. The Morgan fingerprint density at radius 1 is 0.964 bits per heavy atom. The number of hydroxylamine groups is 2. The van der Waals surface area contributed by atoms with Crippen molar-refractivity contribution in [2.24, 2.45) is 4.99 Å². The molecule has 0 aromatic heterocycles. The summed E-state index contributed by atoms with van der Waals surface area (Å²) in [5, 5.41) is 2.04. The van der Waals surface area contributed by atoms with E-state index in [1.807, 2.05) is 32.0 Å². The standard InChI is InChI=1S/C38H50N4O11S2/c1-6-7-13-38(5)21-24(2)26-17-28-32(19-30(26)41(38)15-9-16-54(46,47)48)52-33-20-31-27(18-29(33)39-28)25(23-55(49,50)51)22-37(3,4)40(31)14-8-10-36(45)53-42-34(43)11-12-35(42)44/h17-20,24-25H,6-16,21-23H2,1-5H3,(H-,46,47,48,49,50,51)/p+1. The minimum absolute atomic E-state index is 0.00596. The summed E-state index contributed by atoms with van der Waals surface area (Å²) in [6.45, 7) is 11.2. The van der Waals surface area contributed by atoms with E-state index in [-0.39, 0.29) is 42.9 Å². The Kier molecular flexibility index (Phi) is 11.3. The van der Waals surface area contributed by atoms with Gasteiger partial charge in [0.25, 0.3) is 32.1 Å². The molecule has 1 saturated heterocycles. The monoisotopic (exact) mass is 803 g/mol. The van der Waals surface area contributed by atoms with Crippen LogP contribution in [-0.2, 0) is 39.5 Å². The van der Waals surface area contributed by atoms with Gasteiger partial charge in [-0.3, -0.25) is 18.7 Å². The number of rotatable bonds is 14. The molecule has 0 saturated carbocycles. The quantitative estimate of drug-likeness (QED) is 0.133. The zero-order chi connectivity index (χ0) is 40.1. The summed E-state index contributed by atoms with van der Waals surface area (Å²) in [6, 6.07) is 7.57. The molecule has 2 aromatic rings. The highest BCUT2D eigenvalue weighted by Crippen LogP contribution is 2.49. The van der Waals surface area contributed by atoms with Crippen LogP contribution >= 0.6 is 0 Å². The van der Waals surface area contributed by atoms with Gasteiger partial charge >= 0.3 is 5.97 Å². The van der Waals surface area contributed by atoms with Crippen molar-refractivity contribution < 1.29 is 49.9 Å². The molecule has 4 heterocycles. The second-order valence-electron chi connectivity index (χ2n) is 16.2. The Morgan fingerprint density at radius 3 is 2.33 bits per heavy atom. The maximum atomic E-state index is 12.6. The van der Waals surface area contributed by atoms with Crippen LogP contribution in [0.5, 0.6) is 11.5 Å². The van der Waals surface area contributed by atoms with Gasteiger partial charge in [-0.2, -0.15) is 16.8 Å². The van der Waals surface area contributed by atoms with Crippen LogP contribution in [0.25, 0.3) is 0 Å². The third-order valence-electron chi connectivity index (χ3n) is 11.3. The first kappa shape index (κ1) is 40.7. The molecule has 15 nitrogen and oxygen atoms in total. The van der Waals surface area contributed by atoms with E-state index in [9.17, 15) is 40.3 Å². The molecule has 6 rings (SSSR count). The molecule has 3 atom stereocenters. The van der Waals surface area contributed by atoms with Gasteiger partial charge < -0.3 is 14.5 Å². The van der Waals surface area contributed by atoms with Gasteiger partial charge in [-0.25, -0.2) is 14.4 Å². The van der Waals surface area contributed by atoms with Crippen molar-refractivity contribution in [2.75, 3.05) is 29.5 Å². The lowest BCUT2D eigenvalue weighted by atomic mass is 9.78. The molecule has 300 valence electrons. The SMILES string of the molecule is CCCCC1(C)CC(C)c2cc3c(cc2=[N+]1CCCS(=O)(=O)O)Oc1cc2c(cc1N=3)C(CS(=O)(=O)O)CC(C)(C)N2CCCC(=O)ON1C(=O)CCC1=O. The fourth-order valence-electron chi connectivity index (χ4n) is 8.85. The van der Waals surface area contributed by atoms with Crippen LogP contribution in [0.4, 0.5) is 11.4 Å². The second-order valence-corrected chi connectivity index (χ2v) is 19.3. The number of carbonyl (C=O) groups is 3. The number of benzene rings is 2. The van der Waals surface area contributed by atoms with Crippen LogP contribution < -0.4 is 24.9 Å². The lowest BCUT2D eigenvalue weighted by Crippen LogP contribution is -2.55. The molecule has 4 aliphatic heterocycles. The van der Waals surface area contributed by atoms with Gasteiger partial charge in [-0.15, -0.1) is 5.06 Å². The second kappa shape index (κ2) is 15.2. The first-order chi connectivity index (χ1) is 25.7. The van der Waals surface area contributed by atoms with E-state index >= 15 is 0 Å². The zero-order valence-corrected chi connectivity index (χ0v) is 33.7. The fourth-order valence-corrected chi connectivity index (χ4v) is 10.1. The summed E-state index contributed by atoms with van der Waals surface area (Å²) in [6.07, 6.45) is 4.55. The number of imide groups is 1. The number of hydrogen-bond acceptors (Lipinski definition) is 11. The highest BCUT2D eigenvalue weighted by molar-refractivity contribution is 7.86. The van der Waals surface area contributed by atoms with E-state index < -0.39 is 55.2 Å². The average molecular weight is 804 g/mol. The molecule has 2 aromatic carbocycles. The van der Waals surface area contributed by atoms with Crippen LogP contribution in [0.1, 0.15) is 122 Å². The van der Waals surface area contributed by atoms with Gasteiger partial charge in [0.1, 0.15) is 17.6 Å². The molecule has 1 fully saturated rings. The number of carbonyl (C=O) groups excluding carboxylic acids is 3. The molecule has 0 spiro atoms. The molecule has 2 amide bonds. The zero-order valence-electron chi connectivity index (χ0n) is 32.0. The van der Waals surface area contributed by atoms with Gasteiger partial charge in [0.15, 0.2) is 17.0 Å². The maximum Gasteiger partial charge on any atom is 0.333 e. The summed E-state index contributed by atoms with van der Waals surface area (Å²) < 4.78 is 76.1. The molecule has 0 radical (unpaired) electrons. The van der Waals surface area contributed by atoms with E-state index in [0.717, 1.165) is 36.6 Å². The predicted octanol–water partition coefficient (Wildman–Crippen LogP) is 4.32. The fraction of sp³-hybridized carbons (Fsp3) is 0.605. The normalized spacial score (nSPS) is 23.0. The molecule has 17 heteroatoms. The minimum atomic E-state index is -4.36. The van der Waals surface area contributed by atoms with Crippen LogP contribution in [0.15, 0.2) is 29.3 Å². The topological polar surface area (TPSA) is 200 Å². The average Bonchev–Trinajstić information content (AvgIpc) is 3.38. The van der Waals surface area contributed by atoms with Crippen molar-refractivity contribution in [1.29, 1.82) is 0 Å². The molecule has 0 bridgehead atoms. The summed E-state index contributed by atoms with van der Waals surface area (Å²) in [5.74, 6) is -2.16. The van der Waals surface area contributed by atoms with Crippen LogP contribution in [0, 0.1) is 0 Å². The highest BCUT2D eigenvalue weighted by atomic mass is 32.2. The molecule has 2 N–H and O–H groups in total. The number of fused-ring (bicyclic) bond motifs is 4. The van der Waals surface area contributed by atoms with Crippen molar-refractivity contribution in [2.45, 2.75) is 122 Å². The molecular weight excluding hydrogens is 753 g/mol. The summed E-state index contributed by atoms with van der Waals surface area (Å²) in [7, 11) is -8.49. The van der Waals surface area contributed by atoms with Crippen molar-refractivity contribution >= 4 is 49.4 Å². The number of ether oxygens (including phenoxy) is 1. The summed E-state index contributed by atoms with van der Waals surface area (Å²) in [4.78, 5) is 48.6. The predicted molar refractivity (Wildman–Crippen MR) is 203 cm³/mol. The third kappa shape index (κ3) is 8.89. The number of anilines is 1.